The summed E-state index contributed by atoms with van der Waals surface area (Å²) >= 11 is 11.7. The Labute approximate surface area is 186 Å². The third-order valence-corrected chi connectivity index (χ3v) is 4.63. The van der Waals surface area contributed by atoms with Crippen LogP contribution in [-0.4, -0.2) is 49.3 Å². The average molecular weight is 461 g/mol. The van der Waals surface area contributed by atoms with E-state index in [0.717, 1.165) is 0 Å². The van der Waals surface area contributed by atoms with Crippen LogP contribution in [0.1, 0.15) is 59.6 Å². The highest BCUT2D eigenvalue weighted by molar-refractivity contribution is 6.32. The van der Waals surface area contributed by atoms with E-state index in [1.54, 1.807) is 25.3 Å². The second kappa shape index (κ2) is 12.9. The maximum Gasteiger partial charge on any atom is 0.183 e. The van der Waals surface area contributed by atoms with E-state index >= 15 is 0 Å². The Balaban J connectivity index is 0.000000300. The van der Waals surface area contributed by atoms with Crippen LogP contribution in [0, 0.1) is 0 Å². The summed E-state index contributed by atoms with van der Waals surface area (Å²) in [5.74, 6) is -0.165. The molecule has 0 fully saturated rings. The Morgan fingerprint density at radius 2 is 1.33 bits per heavy atom. The van der Waals surface area contributed by atoms with Gasteiger partial charge in [0.15, 0.2) is 18.4 Å². The zero-order chi connectivity index (χ0) is 22.8. The van der Waals surface area contributed by atoms with Gasteiger partial charge in [-0.3, -0.25) is 4.79 Å². The van der Waals surface area contributed by atoms with Crippen molar-refractivity contribution < 1.29 is 28.8 Å². The highest BCUT2D eigenvalue weighted by Crippen LogP contribution is 2.30. The monoisotopic (exact) mass is 460 g/mol. The minimum Gasteiger partial charge on any atom is -0.389 e. The van der Waals surface area contributed by atoms with E-state index in [0.29, 0.717) is 22.3 Å². The molecule has 2 heterocycles. The Hall–Kier alpha value is -1.65. The summed E-state index contributed by atoms with van der Waals surface area (Å²) in [5.41, 5.74) is 2.16. The van der Waals surface area contributed by atoms with Crippen LogP contribution in [0.25, 0.3) is 0 Å². The number of rotatable bonds is 8. The van der Waals surface area contributed by atoms with E-state index < -0.39 is 18.7 Å². The third kappa shape index (κ3) is 6.68. The lowest BCUT2D eigenvalue weighted by Crippen LogP contribution is -2.10. The van der Waals surface area contributed by atoms with E-state index in [4.69, 9.17) is 42.1 Å². The Kier molecular flexibility index (Phi) is 11.4. The van der Waals surface area contributed by atoms with E-state index in [-0.39, 0.29) is 16.1 Å². The van der Waals surface area contributed by atoms with Crippen LogP contribution >= 0.6 is 23.2 Å². The van der Waals surface area contributed by atoms with Gasteiger partial charge in [-0.25, -0.2) is 9.97 Å². The predicted octanol–water partition coefficient (Wildman–Crippen LogP) is 4.31. The number of carbonyl (C=O) groups is 1. The van der Waals surface area contributed by atoms with Crippen LogP contribution in [-0.2, 0) is 18.9 Å². The van der Waals surface area contributed by atoms with Crippen molar-refractivity contribution in [3.8, 4) is 0 Å². The molecule has 0 saturated carbocycles. The van der Waals surface area contributed by atoms with Crippen LogP contribution in [0.3, 0.4) is 0 Å². The molecular weight excluding hydrogens is 435 g/mol. The second-order valence-electron chi connectivity index (χ2n) is 6.01. The average Bonchev–Trinajstić information content (AvgIpc) is 2.70. The largest absolute Gasteiger partial charge is 0.389 e. The normalized spacial score (nSPS) is 12.0. The smallest absolute Gasteiger partial charge is 0.183 e. The number of halogens is 2. The fourth-order valence-electron chi connectivity index (χ4n) is 2.78. The van der Waals surface area contributed by atoms with Gasteiger partial charge in [0.1, 0.15) is 10.3 Å². The van der Waals surface area contributed by atoms with Crippen molar-refractivity contribution >= 4 is 29.0 Å². The molecule has 0 aliphatic heterocycles. The molecule has 0 amide bonds. The zero-order valence-electron chi connectivity index (χ0n) is 17.7. The number of ketones is 1. The Bertz CT molecular complexity index is 827. The first-order valence-electron chi connectivity index (χ1n) is 8.82. The summed E-state index contributed by atoms with van der Waals surface area (Å²) in [7, 11) is 6.03. The molecule has 2 rings (SSSR count). The summed E-state index contributed by atoms with van der Waals surface area (Å²) in [6.07, 6.45) is 1.19. The number of carbonyl (C=O) groups excluding carboxylic acids is 1. The lowest BCUT2D eigenvalue weighted by molar-refractivity contribution is -0.107. The van der Waals surface area contributed by atoms with Crippen LogP contribution in [0.4, 0.5) is 0 Å². The molecule has 1 atom stereocenters. The molecule has 30 heavy (non-hydrogen) atoms. The van der Waals surface area contributed by atoms with E-state index in [2.05, 4.69) is 9.97 Å². The molecule has 0 aliphatic carbocycles. The van der Waals surface area contributed by atoms with Gasteiger partial charge in [-0.1, -0.05) is 23.2 Å². The third-order valence-electron chi connectivity index (χ3n) is 4.05. The van der Waals surface area contributed by atoms with E-state index in [1.807, 2.05) is 0 Å². The molecule has 2 aromatic heterocycles. The maximum absolute atomic E-state index is 11.4. The first-order chi connectivity index (χ1) is 14.2. The highest BCUT2D eigenvalue weighted by Gasteiger charge is 2.21. The Morgan fingerprint density at radius 1 is 0.900 bits per heavy atom. The van der Waals surface area contributed by atoms with Gasteiger partial charge in [0.05, 0.1) is 11.7 Å². The van der Waals surface area contributed by atoms with Crippen molar-refractivity contribution in [1.29, 1.82) is 0 Å². The van der Waals surface area contributed by atoms with Crippen LogP contribution < -0.4 is 0 Å². The fraction of sp³-hybridized carbons (Fsp3) is 0.450. The van der Waals surface area contributed by atoms with Crippen LogP contribution in [0.2, 0.25) is 10.3 Å². The molecule has 8 nitrogen and oxygen atoms in total. The summed E-state index contributed by atoms with van der Waals surface area (Å²) in [4.78, 5) is 19.1. The van der Waals surface area contributed by atoms with Gasteiger partial charge in [-0.15, -0.1) is 0 Å². The van der Waals surface area contributed by atoms with Gasteiger partial charge in [0, 0.05) is 57.5 Å². The molecular formula is C20H26Cl2N2O6. The molecule has 0 bridgehead atoms. The number of aromatic nitrogens is 2. The highest BCUT2D eigenvalue weighted by atomic mass is 35.5. The molecule has 1 N–H and O–H groups in total. The van der Waals surface area contributed by atoms with Crippen molar-refractivity contribution in [3.05, 3.63) is 57.1 Å². The summed E-state index contributed by atoms with van der Waals surface area (Å²) in [6.45, 7) is 3.05. The summed E-state index contributed by atoms with van der Waals surface area (Å²) in [6, 6.07) is 3.37. The van der Waals surface area contributed by atoms with Gasteiger partial charge in [-0.05, 0) is 26.0 Å². The quantitative estimate of drug-likeness (QED) is 0.353. The second-order valence-corrected chi connectivity index (χ2v) is 6.73. The standard InChI is InChI=1S/C10H14ClNO3.C10H12ClNO3/c2*1-6(13)8-7(10(14-2)15-3)4-5-12-9(8)11/h4-6,10,13H,1-3H3;4-5,10H,1-3H3. The van der Waals surface area contributed by atoms with Gasteiger partial charge >= 0.3 is 0 Å². The topological polar surface area (TPSA) is 100 Å². The van der Waals surface area contributed by atoms with Gasteiger partial charge < -0.3 is 24.1 Å². The van der Waals surface area contributed by atoms with Crippen molar-refractivity contribution in [1.82, 2.24) is 9.97 Å². The van der Waals surface area contributed by atoms with Crippen molar-refractivity contribution in [3.63, 3.8) is 0 Å². The van der Waals surface area contributed by atoms with Crippen molar-refractivity contribution in [2.24, 2.45) is 0 Å². The molecule has 166 valence electrons. The summed E-state index contributed by atoms with van der Waals surface area (Å²) < 4.78 is 20.4. The molecule has 1 unspecified atom stereocenters. The number of Topliss-reactive ketones (excluding diaryl/α,β-unsaturated/α-hetero) is 1. The van der Waals surface area contributed by atoms with Crippen molar-refractivity contribution in [2.45, 2.75) is 32.5 Å². The lowest BCUT2D eigenvalue weighted by atomic mass is 10.1. The molecule has 10 heteroatoms. The first kappa shape index (κ1) is 26.4. The molecule has 2 aromatic rings. The molecule has 0 aliphatic rings. The zero-order valence-corrected chi connectivity index (χ0v) is 19.2. The maximum atomic E-state index is 11.4. The number of hydrogen-bond donors (Lipinski definition) is 1. The Morgan fingerprint density at radius 3 is 1.77 bits per heavy atom. The van der Waals surface area contributed by atoms with Gasteiger partial charge in [0.2, 0.25) is 0 Å². The molecule has 0 radical (unpaired) electrons. The summed E-state index contributed by atoms with van der Waals surface area (Å²) in [5, 5.41) is 10.0. The van der Waals surface area contributed by atoms with Crippen molar-refractivity contribution in [2.75, 3.05) is 28.4 Å². The minimum atomic E-state index is -0.714. The van der Waals surface area contributed by atoms with E-state index in [9.17, 15) is 9.90 Å². The lowest BCUT2D eigenvalue weighted by Gasteiger charge is -2.19. The number of pyridine rings is 2. The number of methoxy groups -OCH3 is 4. The van der Waals surface area contributed by atoms with E-state index in [1.165, 1.54) is 41.6 Å². The predicted molar refractivity (Wildman–Crippen MR) is 113 cm³/mol. The minimum absolute atomic E-state index is 0.165. The van der Waals surface area contributed by atoms with Crippen LogP contribution in [0.15, 0.2) is 24.5 Å². The number of nitrogens with zero attached hydrogens (tertiary/aromatic N) is 2. The fourth-order valence-corrected chi connectivity index (χ4v) is 3.40. The number of aliphatic hydroxyl groups is 1. The van der Waals surface area contributed by atoms with Crippen LogP contribution in [0.5, 0.6) is 0 Å². The van der Waals surface area contributed by atoms with Gasteiger partial charge in [-0.2, -0.15) is 0 Å². The number of aliphatic hydroxyl groups excluding tert-OH is 1. The number of hydrogen-bond acceptors (Lipinski definition) is 8. The van der Waals surface area contributed by atoms with Gasteiger partial charge in [0.25, 0.3) is 0 Å². The molecule has 0 spiro atoms. The molecule has 0 aromatic carbocycles. The number of ether oxygens (including phenoxy) is 4. The molecule has 0 saturated heterocycles. The SMILES string of the molecule is COC(OC)c1ccnc(Cl)c1C(C)=O.COC(OC)c1ccnc(Cl)c1C(C)O. The first-order valence-corrected chi connectivity index (χ1v) is 9.57.